The third-order valence-corrected chi connectivity index (χ3v) is 5.27. The van der Waals surface area contributed by atoms with Gasteiger partial charge in [-0.05, 0) is 19.3 Å². The van der Waals surface area contributed by atoms with E-state index in [-0.39, 0.29) is 12.2 Å². The molecule has 0 amide bonds. The smallest absolute Gasteiger partial charge is 0.215 e. The van der Waals surface area contributed by atoms with Crippen LogP contribution in [0.1, 0.15) is 19.3 Å². The van der Waals surface area contributed by atoms with Gasteiger partial charge in [0.05, 0.1) is 11.0 Å². The zero-order chi connectivity index (χ0) is 10.8. The molecule has 0 aromatic carbocycles. The molecule has 1 N–H and O–H groups in total. The highest BCUT2D eigenvalue weighted by atomic mass is 35.7. The maximum atomic E-state index is 11.3. The second kappa shape index (κ2) is 4.34. The molecular formula is C6H12ClNO4S2. The lowest BCUT2D eigenvalue weighted by atomic mass is 10.2. The fourth-order valence-electron chi connectivity index (χ4n) is 1.39. The fraction of sp³-hybridized carbons (Fsp3) is 1.00. The lowest BCUT2D eigenvalue weighted by molar-refractivity contribution is 0.519. The average molecular weight is 262 g/mol. The van der Waals surface area contributed by atoms with Crippen LogP contribution in [0.15, 0.2) is 0 Å². The lowest BCUT2D eigenvalue weighted by Crippen LogP contribution is -2.40. The minimum atomic E-state index is -3.59. The maximum absolute atomic E-state index is 11.3. The number of rotatable bonds is 3. The van der Waals surface area contributed by atoms with E-state index in [1.807, 2.05) is 0 Å². The Kier molecular flexibility index (Phi) is 3.79. The van der Waals surface area contributed by atoms with Gasteiger partial charge >= 0.3 is 0 Å². The van der Waals surface area contributed by atoms with Crippen LogP contribution in [0.2, 0.25) is 0 Å². The Morgan fingerprint density at radius 1 is 1.43 bits per heavy atom. The number of sulfonamides is 1. The van der Waals surface area contributed by atoms with Gasteiger partial charge in [-0.25, -0.2) is 21.6 Å². The van der Waals surface area contributed by atoms with Crippen molar-refractivity contribution in [3.05, 3.63) is 0 Å². The van der Waals surface area contributed by atoms with Crippen molar-refractivity contribution in [2.45, 2.75) is 24.5 Å². The van der Waals surface area contributed by atoms with Gasteiger partial charge in [0.2, 0.25) is 19.1 Å². The third-order valence-electron chi connectivity index (χ3n) is 2.13. The molecule has 0 aromatic rings. The molecule has 1 unspecified atom stereocenters. The van der Waals surface area contributed by atoms with Crippen LogP contribution in [0, 0.1) is 0 Å². The second-order valence-electron chi connectivity index (χ2n) is 3.24. The summed E-state index contributed by atoms with van der Waals surface area (Å²) in [5, 5.41) is -0.621. The van der Waals surface area contributed by atoms with Crippen LogP contribution in [-0.4, -0.2) is 34.4 Å². The first-order valence-corrected chi connectivity index (χ1v) is 8.24. The Morgan fingerprint density at radius 2 is 2.07 bits per heavy atom. The highest BCUT2D eigenvalue weighted by Gasteiger charge is 2.29. The molecule has 0 spiro atoms. The summed E-state index contributed by atoms with van der Waals surface area (Å²) in [5.74, 6) is -0.292. The predicted molar refractivity (Wildman–Crippen MR) is 54.2 cm³/mol. The summed E-state index contributed by atoms with van der Waals surface area (Å²) in [6.45, 7) is 0.437. The van der Waals surface area contributed by atoms with Gasteiger partial charge in [0.25, 0.3) is 0 Å². The topological polar surface area (TPSA) is 80.3 Å². The molecule has 0 aromatic heterocycles. The van der Waals surface area contributed by atoms with Crippen molar-refractivity contribution in [3.8, 4) is 0 Å². The first-order valence-electron chi connectivity index (χ1n) is 4.22. The van der Waals surface area contributed by atoms with Gasteiger partial charge in [0.15, 0.2) is 0 Å². The van der Waals surface area contributed by atoms with Crippen molar-refractivity contribution in [1.82, 2.24) is 4.72 Å². The zero-order valence-electron chi connectivity index (χ0n) is 7.44. The maximum Gasteiger partial charge on any atom is 0.232 e. The Balaban J connectivity index is 2.60. The number of nitrogens with one attached hydrogen (secondary N) is 1. The van der Waals surface area contributed by atoms with Crippen molar-refractivity contribution in [2.75, 3.05) is 12.3 Å². The molecule has 0 bridgehead atoms. The molecule has 1 atom stereocenters. The van der Waals surface area contributed by atoms with Crippen molar-refractivity contribution in [2.24, 2.45) is 0 Å². The van der Waals surface area contributed by atoms with Gasteiger partial charge < -0.3 is 0 Å². The summed E-state index contributed by atoms with van der Waals surface area (Å²) in [4.78, 5) is 0. The molecule has 0 aliphatic carbocycles. The SMILES string of the molecule is O=S(=O)(Cl)CCC1CCCNS1(=O)=O. The van der Waals surface area contributed by atoms with Crippen LogP contribution < -0.4 is 4.72 Å². The first kappa shape index (κ1) is 12.2. The number of hydrogen-bond acceptors (Lipinski definition) is 4. The Bertz CT molecular complexity index is 388. The van der Waals surface area contributed by atoms with Crippen LogP contribution in [-0.2, 0) is 19.1 Å². The summed E-state index contributed by atoms with van der Waals surface area (Å²) in [7, 11) is -1.91. The second-order valence-corrected chi connectivity index (χ2v) is 8.18. The minimum absolute atomic E-state index is 0.0706. The van der Waals surface area contributed by atoms with Crippen molar-refractivity contribution < 1.29 is 16.8 Å². The van der Waals surface area contributed by atoms with Crippen molar-refractivity contribution in [3.63, 3.8) is 0 Å². The standard InChI is InChI=1S/C6H12ClNO4S2/c7-13(9,10)5-3-6-2-1-4-8-14(6,11)12/h6,8H,1-5H2. The van der Waals surface area contributed by atoms with E-state index in [1.54, 1.807) is 0 Å². The molecule has 1 aliphatic rings. The summed E-state index contributed by atoms with van der Waals surface area (Å²) in [5.41, 5.74) is 0. The average Bonchev–Trinajstić information content (AvgIpc) is 2.00. The molecule has 0 radical (unpaired) electrons. The van der Waals surface area contributed by atoms with Gasteiger partial charge in [0, 0.05) is 17.2 Å². The number of halogens is 1. The van der Waals surface area contributed by atoms with Gasteiger partial charge in [-0.15, -0.1) is 0 Å². The first-order chi connectivity index (χ1) is 6.31. The molecular weight excluding hydrogens is 250 g/mol. The molecule has 1 aliphatic heterocycles. The Hall–Kier alpha value is 0.150. The number of hydrogen-bond donors (Lipinski definition) is 1. The molecule has 1 rings (SSSR count). The Morgan fingerprint density at radius 3 is 2.57 bits per heavy atom. The van der Waals surface area contributed by atoms with Crippen LogP contribution >= 0.6 is 10.7 Å². The van der Waals surface area contributed by atoms with Gasteiger partial charge in [0.1, 0.15) is 0 Å². The molecule has 0 saturated carbocycles. The minimum Gasteiger partial charge on any atom is -0.215 e. The monoisotopic (exact) mass is 261 g/mol. The molecule has 84 valence electrons. The van der Waals surface area contributed by atoms with E-state index in [2.05, 4.69) is 4.72 Å². The Labute approximate surface area is 88.3 Å². The van der Waals surface area contributed by atoms with Crippen molar-refractivity contribution in [1.29, 1.82) is 0 Å². The van der Waals surface area contributed by atoms with Crippen LogP contribution in [0.5, 0.6) is 0 Å². The zero-order valence-corrected chi connectivity index (χ0v) is 9.83. The predicted octanol–water partition coefficient (Wildman–Crippen LogP) is 0.0269. The van der Waals surface area contributed by atoms with E-state index < -0.39 is 24.3 Å². The van der Waals surface area contributed by atoms with Crippen LogP contribution in [0.4, 0.5) is 0 Å². The quantitative estimate of drug-likeness (QED) is 0.727. The summed E-state index contributed by atoms with van der Waals surface area (Å²) >= 11 is 0. The molecule has 1 fully saturated rings. The molecule has 8 heteroatoms. The van der Waals surface area contributed by atoms with Crippen LogP contribution in [0.3, 0.4) is 0 Å². The fourth-order valence-corrected chi connectivity index (χ4v) is 3.94. The van der Waals surface area contributed by atoms with Crippen molar-refractivity contribution >= 4 is 29.8 Å². The van der Waals surface area contributed by atoms with Gasteiger partial charge in [-0.2, -0.15) is 0 Å². The van der Waals surface area contributed by atoms with Crippen LogP contribution in [0.25, 0.3) is 0 Å². The summed E-state index contributed by atoms with van der Waals surface area (Å²) < 4.78 is 46.3. The molecule has 5 nitrogen and oxygen atoms in total. The summed E-state index contributed by atoms with van der Waals surface area (Å²) in [6, 6.07) is 0. The molecule has 1 heterocycles. The summed E-state index contributed by atoms with van der Waals surface area (Å²) in [6.07, 6.45) is 1.31. The largest absolute Gasteiger partial charge is 0.232 e. The highest BCUT2D eigenvalue weighted by molar-refractivity contribution is 8.13. The molecule has 1 saturated heterocycles. The lowest BCUT2D eigenvalue weighted by Gasteiger charge is -2.22. The van der Waals surface area contributed by atoms with E-state index in [4.69, 9.17) is 10.7 Å². The van der Waals surface area contributed by atoms with E-state index in [0.29, 0.717) is 13.0 Å². The van der Waals surface area contributed by atoms with E-state index in [9.17, 15) is 16.8 Å². The van der Waals surface area contributed by atoms with E-state index in [1.165, 1.54) is 0 Å². The van der Waals surface area contributed by atoms with E-state index >= 15 is 0 Å². The van der Waals surface area contributed by atoms with E-state index in [0.717, 1.165) is 6.42 Å². The highest BCUT2D eigenvalue weighted by Crippen LogP contribution is 2.17. The molecule has 14 heavy (non-hydrogen) atoms. The third kappa shape index (κ3) is 3.72. The van der Waals surface area contributed by atoms with Gasteiger partial charge in [-0.1, -0.05) is 0 Å². The van der Waals surface area contributed by atoms with Gasteiger partial charge in [-0.3, -0.25) is 0 Å². The normalized spacial score (nSPS) is 27.4.